The van der Waals surface area contributed by atoms with Crippen molar-refractivity contribution in [2.24, 2.45) is 23.7 Å². The van der Waals surface area contributed by atoms with Crippen LogP contribution in [0.1, 0.15) is 81.1 Å². The number of likely N-dealkylation sites (N-methyl/N-ethyl adjacent to an activating group) is 1. The SMILES string of the molecule is CC[C@H]1OC(=O)[C@H](C)C(=O)[C@H](C)[C@@H](O[C@@H]2O[C@H](C)C[C@H](N(C)C)[C@H]2O)[C@@](C)(OC)C[C@@H](C)C(=O)[C@H](C)[C@H]2N(CCCSc3nc(-c4ccccc4)cs3)C(=O)O[C@]12C. The number of fused-ring (bicyclic) bond motifs is 1. The molecule has 322 valence electrons. The Morgan fingerprint density at radius 1 is 1.03 bits per heavy atom. The zero-order valence-corrected chi connectivity index (χ0v) is 37.5. The Kier molecular flexibility index (Phi) is 15.3. The first-order valence-electron chi connectivity index (χ1n) is 20.5. The average Bonchev–Trinajstić information content (AvgIpc) is 3.78. The molecule has 1 amide bonds. The normalized spacial score (nSPS) is 36.7. The standard InChI is InChI=1S/C43H63N3O10S2/c1-12-32-43(8)36(46(41(51)56-43)19-16-20-57-40-44-30(23-58-40)29-17-14-13-15-18-29)26(4)33(47)24(2)22-42(7,52-11)37(27(5)34(48)28(6)38(50)54-32)55-39-35(49)31(45(9)10)21-25(3)53-39/h13-15,17-18,23-28,31-32,35-37,39,49H,12,16,19-22H2,1-11H3/t24-,25-,26+,27+,28-,31+,32-,35-,36-,37-,39+,42+,43-/m1/s1. The van der Waals surface area contributed by atoms with Crippen LogP contribution < -0.4 is 0 Å². The molecule has 0 bridgehead atoms. The Labute approximate surface area is 351 Å². The Hall–Kier alpha value is -2.92. The van der Waals surface area contributed by atoms with Gasteiger partial charge in [0.15, 0.2) is 22.0 Å². The molecule has 1 N–H and O–H groups in total. The number of ketones is 2. The number of benzene rings is 1. The first-order valence-corrected chi connectivity index (χ1v) is 22.3. The van der Waals surface area contributed by atoms with E-state index in [-0.39, 0.29) is 30.8 Å². The summed E-state index contributed by atoms with van der Waals surface area (Å²) in [5.74, 6) is -4.26. The van der Waals surface area contributed by atoms with Crippen molar-refractivity contribution < 1.29 is 48.0 Å². The summed E-state index contributed by atoms with van der Waals surface area (Å²) in [5, 5.41) is 13.5. The number of hydrogen-bond acceptors (Lipinski definition) is 14. The first kappa shape index (κ1) is 46.2. The van der Waals surface area contributed by atoms with Crippen LogP contribution in [-0.4, -0.2) is 131 Å². The van der Waals surface area contributed by atoms with Gasteiger partial charge in [0.05, 0.1) is 29.5 Å². The molecule has 5 rings (SSSR count). The van der Waals surface area contributed by atoms with Crippen molar-refractivity contribution in [1.29, 1.82) is 0 Å². The van der Waals surface area contributed by atoms with E-state index >= 15 is 0 Å². The Morgan fingerprint density at radius 3 is 2.36 bits per heavy atom. The molecule has 2 aromatic rings. The smallest absolute Gasteiger partial charge is 0.410 e. The molecule has 58 heavy (non-hydrogen) atoms. The second-order valence-corrected chi connectivity index (χ2v) is 19.1. The van der Waals surface area contributed by atoms with E-state index in [1.165, 1.54) is 14.0 Å². The van der Waals surface area contributed by atoms with Crippen LogP contribution in [0.5, 0.6) is 0 Å². The van der Waals surface area contributed by atoms with Crippen LogP contribution in [0.2, 0.25) is 0 Å². The van der Waals surface area contributed by atoms with Crippen LogP contribution in [-0.2, 0) is 38.1 Å². The minimum Gasteiger partial charge on any atom is -0.458 e. The number of aliphatic hydroxyl groups is 1. The van der Waals surface area contributed by atoms with Gasteiger partial charge in [0, 0.05) is 54.1 Å². The molecular formula is C43H63N3O10S2. The highest BCUT2D eigenvalue weighted by Crippen LogP contribution is 2.43. The second-order valence-electron chi connectivity index (χ2n) is 16.9. The van der Waals surface area contributed by atoms with Crippen LogP contribution in [0.25, 0.3) is 11.3 Å². The number of thioether (sulfide) groups is 1. The predicted octanol–water partition coefficient (Wildman–Crippen LogP) is 6.50. The quantitative estimate of drug-likeness (QED) is 0.114. The summed E-state index contributed by atoms with van der Waals surface area (Å²) in [6.07, 6.45) is -3.44. The van der Waals surface area contributed by atoms with Crippen molar-refractivity contribution >= 4 is 46.7 Å². The number of cyclic esters (lactones) is 1. The molecule has 4 heterocycles. The molecule has 0 spiro atoms. The van der Waals surface area contributed by atoms with Gasteiger partial charge in [-0.1, -0.05) is 69.8 Å². The van der Waals surface area contributed by atoms with Crippen molar-refractivity contribution in [3.05, 3.63) is 35.7 Å². The number of aliphatic hydroxyl groups excluding tert-OH is 1. The van der Waals surface area contributed by atoms with Crippen molar-refractivity contribution in [2.75, 3.05) is 33.5 Å². The molecule has 13 atom stereocenters. The molecule has 15 heteroatoms. The van der Waals surface area contributed by atoms with Gasteiger partial charge in [-0.2, -0.15) is 0 Å². The third-order valence-electron chi connectivity index (χ3n) is 12.5. The predicted molar refractivity (Wildman–Crippen MR) is 222 cm³/mol. The van der Waals surface area contributed by atoms with Crippen molar-refractivity contribution in [1.82, 2.24) is 14.8 Å². The van der Waals surface area contributed by atoms with Gasteiger partial charge >= 0.3 is 12.1 Å². The highest BCUT2D eigenvalue weighted by Gasteiger charge is 2.60. The van der Waals surface area contributed by atoms with Gasteiger partial charge in [-0.05, 0) is 67.5 Å². The molecule has 1 aromatic carbocycles. The van der Waals surface area contributed by atoms with E-state index in [1.807, 2.05) is 75.5 Å². The fourth-order valence-corrected chi connectivity index (χ4v) is 11.0. The fourth-order valence-electron chi connectivity index (χ4n) is 9.17. The van der Waals surface area contributed by atoms with E-state index in [0.29, 0.717) is 25.1 Å². The Morgan fingerprint density at radius 2 is 1.72 bits per heavy atom. The van der Waals surface area contributed by atoms with Crippen molar-refractivity contribution in [2.45, 2.75) is 139 Å². The maximum Gasteiger partial charge on any atom is 0.410 e. The van der Waals surface area contributed by atoms with Crippen LogP contribution in [0.3, 0.4) is 0 Å². The molecule has 3 fully saturated rings. The van der Waals surface area contributed by atoms with E-state index in [9.17, 15) is 24.3 Å². The highest BCUT2D eigenvalue weighted by molar-refractivity contribution is 8.01. The first-order chi connectivity index (χ1) is 27.4. The fraction of sp³-hybridized carbons (Fsp3) is 0.698. The Balaban J connectivity index is 1.43. The van der Waals surface area contributed by atoms with E-state index in [1.54, 1.807) is 55.7 Å². The molecule has 0 unspecified atom stereocenters. The van der Waals surface area contributed by atoms with Crippen LogP contribution in [0.4, 0.5) is 4.79 Å². The topological polar surface area (TPSA) is 154 Å². The molecule has 3 aliphatic heterocycles. The molecule has 3 saturated heterocycles. The lowest BCUT2D eigenvalue weighted by Crippen LogP contribution is -2.60. The molecule has 1 aromatic heterocycles. The number of Topliss-reactive ketones (excluding diaryl/α,β-unsaturated/α-hetero) is 2. The van der Waals surface area contributed by atoms with Gasteiger partial charge < -0.3 is 38.6 Å². The number of hydrogen-bond donors (Lipinski definition) is 1. The summed E-state index contributed by atoms with van der Waals surface area (Å²) in [4.78, 5) is 65.1. The average molecular weight is 846 g/mol. The number of carbonyl (C=O) groups excluding carboxylic acids is 4. The summed E-state index contributed by atoms with van der Waals surface area (Å²) in [7, 11) is 5.25. The van der Waals surface area contributed by atoms with Gasteiger partial charge in [-0.3, -0.25) is 14.4 Å². The van der Waals surface area contributed by atoms with E-state index in [0.717, 1.165) is 15.6 Å². The van der Waals surface area contributed by atoms with E-state index in [4.69, 9.17) is 28.7 Å². The van der Waals surface area contributed by atoms with E-state index in [2.05, 4.69) is 0 Å². The minimum absolute atomic E-state index is 0.133. The lowest BCUT2D eigenvalue weighted by Gasteiger charge is -2.47. The maximum absolute atomic E-state index is 14.7. The number of ether oxygens (including phenoxy) is 5. The van der Waals surface area contributed by atoms with Gasteiger partial charge in [-0.25, -0.2) is 9.78 Å². The molecule has 3 aliphatic rings. The zero-order valence-electron chi connectivity index (χ0n) is 35.8. The van der Waals surface area contributed by atoms with Crippen LogP contribution in [0.15, 0.2) is 40.1 Å². The van der Waals surface area contributed by atoms with Crippen molar-refractivity contribution in [3.8, 4) is 11.3 Å². The van der Waals surface area contributed by atoms with Gasteiger partial charge in [-0.15, -0.1) is 11.3 Å². The molecular weight excluding hydrogens is 783 g/mol. The summed E-state index contributed by atoms with van der Waals surface area (Å²) in [6.45, 7) is 14.3. The summed E-state index contributed by atoms with van der Waals surface area (Å²) in [5.41, 5.74) is -0.704. The number of esters is 1. The number of rotatable bonds is 11. The van der Waals surface area contributed by atoms with Gasteiger partial charge in [0.25, 0.3) is 0 Å². The zero-order chi connectivity index (χ0) is 42.7. The molecule has 0 saturated carbocycles. The Bertz CT molecular complexity index is 1750. The van der Waals surface area contributed by atoms with Gasteiger partial charge in [0.1, 0.15) is 23.9 Å². The molecule has 13 nitrogen and oxygen atoms in total. The number of methoxy groups -OCH3 is 1. The monoisotopic (exact) mass is 845 g/mol. The largest absolute Gasteiger partial charge is 0.458 e. The summed E-state index contributed by atoms with van der Waals surface area (Å²) in [6, 6.07) is 8.91. The second kappa shape index (κ2) is 19.2. The summed E-state index contributed by atoms with van der Waals surface area (Å²) < 4.78 is 32.1. The number of nitrogens with zero attached hydrogens (tertiary/aromatic N) is 3. The molecule has 0 radical (unpaired) electrons. The van der Waals surface area contributed by atoms with Crippen molar-refractivity contribution in [3.63, 3.8) is 0 Å². The number of thiazole rings is 1. The highest BCUT2D eigenvalue weighted by atomic mass is 32.2. The molecule has 0 aliphatic carbocycles. The lowest BCUT2D eigenvalue weighted by atomic mass is 9.73. The number of amides is 1. The maximum atomic E-state index is 14.7. The van der Waals surface area contributed by atoms with Crippen LogP contribution >= 0.6 is 23.1 Å². The van der Waals surface area contributed by atoms with Crippen LogP contribution in [0, 0.1) is 23.7 Å². The van der Waals surface area contributed by atoms with Gasteiger partial charge in [0.2, 0.25) is 0 Å². The summed E-state index contributed by atoms with van der Waals surface area (Å²) >= 11 is 3.17. The number of carbonyl (C=O) groups is 4. The third-order valence-corrected chi connectivity index (χ3v) is 14.6. The minimum atomic E-state index is -1.40. The third kappa shape index (κ3) is 9.66. The lowest BCUT2D eigenvalue weighted by molar-refractivity contribution is -0.295. The van der Waals surface area contributed by atoms with E-state index < -0.39 is 83.4 Å². The number of aromatic nitrogens is 1.